The maximum atomic E-state index is 13.9. The maximum Gasteiger partial charge on any atom is 0.417 e. The number of alkyl halides is 3. The molecule has 1 aromatic carbocycles. The van der Waals surface area contributed by atoms with Crippen molar-refractivity contribution in [3.63, 3.8) is 0 Å². The molecular weight excluding hydrogens is 504 g/mol. The Morgan fingerprint density at radius 2 is 1.87 bits per heavy atom. The van der Waals surface area contributed by atoms with E-state index >= 15 is 0 Å². The number of rotatable bonds is 7. The van der Waals surface area contributed by atoms with Gasteiger partial charge in [-0.25, -0.2) is 4.39 Å². The molecule has 204 valence electrons. The predicted molar refractivity (Wildman–Crippen MR) is 129 cm³/mol. The molecule has 4 heterocycles. The third kappa shape index (κ3) is 5.99. The fraction of sp³-hybridized carbons (Fsp3) is 0.519. The molecule has 3 fully saturated rings. The van der Waals surface area contributed by atoms with Gasteiger partial charge in [0.05, 0.1) is 24.1 Å². The minimum absolute atomic E-state index is 0.0103. The van der Waals surface area contributed by atoms with Gasteiger partial charge in [0.15, 0.2) is 0 Å². The summed E-state index contributed by atoms with van der Waals surface area (Å²) in [5.74, 6) is -0.475. The molecular formula is C27H30F4N4O3. The van der Waals surface area contributed by atoms with E-state index in [0.29, 0.717) is 51.9 Å². The van der Waals surface area contributed by atoms with Crippen molar-refractivity contribution in [3.05, 3.63) is 65.2 Å². The fourth-order valence-corrected chi connectivity index (χ4v) is 5.68. The van der Waals surface area contributed by atoms with E-state index < -0.39 is 11.7 Å². The highest BCUT2D eigenvalue weighted by atomic mass is 19.4. The van der Waals surface area contributed by atoms with E-state index in [9.17, 15) is 27.2 Å². The standard InChI is InChI=1S/C27H30F4N4O3/c28-22-3-1-2-17(10-22)23(33-25(36)18-7-9-38-16-18)6-8-34-12-19-14-35(15-20(19)13-34)26(37)24-5-4-21(11-32-24)27(29,30)31/h1-5,10-11,18-20,23H,6-9,12-16H2,(H,33,36)/t18?,19-,20+,23-/m0/s1. The summed E-state index contributed by atoms with van der Waals surface area (Å²) >= 11 is 0. The molecule has 4 atom stereocenters. The Hall–Kier alpha value is -3.05. The minimum Gasteiger partial charge on any atom is -0.381 e. The number of aromatic nitrogens is 1. The van der Waals surface area contributed by atoms with Crippen LogP contribution in [-0.2, 0) is 15.7 Å². The highest BCUT2D eigenvalue weighted by Crippen LogP contribution is 2.33. The van der Waals surface area contributed by atoms with Crippen molar-refractivity contribution in [2.75, 3.05) is 45.9 Å². The molecule has 2 amide bonds. The number of hydrogen-bond acceptors (Lipinski definition) is 5. The molecule has 2 aromatic rings. The summed E-state index contributed by atoms with van der Waals surface area (Å²) in [7, 11) is 0. The van der Waals surface area contributed by atoms with Crippen molar-refractivity contribution in [1.29, 1.82) is 0 Å². The Kier molecular flexibility index (Phi) is 7.67. The van der Waals surface area contributed by atoms with E-state index in [0.717, 1.165) is 30.8 Å². The van der Waals surface area contributed by atoms with Crippen LogP contribution >= 0.6 is 0 Å². The van der Waals surface area contributed by atoms with Crippen molar-refractivity contribution < 1.29 is 31.9 Å². The molecule has 11 heteroatoms. The van der Waals surface area contributed by atoms with Crippen LogP contribution in [0.15, 0.2) is 42.6 Å². The number of fused-ring (bicyclic) bond motifs is 1. The monoisotopic (exact) mass is 534 g/mol. The van der Waals surface area contributed by atoms with Gasteiger partial charge in [0.2, 0.25) is 5.91 Å². The lowest BCUT2D eigenvalue weighted by molar-refractivity contribution is -0.137. The molecule has 3 saturated heterocycles. The van der Waals surface area contributed by atoms with Crippen LogP contribution in [0.1, 0.15) is 40.5 Å². The number of nitrogens with one attached hydrogen (secondary N) is 1. The van der Waals surface area contributed by atoms with Crippen molar-refractivity contribution in [2.45, 2.75) is 25.1 Å². The average molecular weight is 535 g/mol. The van der Waals surface area contributed by atoms with E-state index in [2.05, 4.69) is 15.2 Å². The molecule has 1 unspecified atom stereocenters. The fourth-order valence-electron chi connectivity index (χ4n) is 5.68. The lowest BCUT2D eigenvalue weighted by Crippen LogP contribution is -2.37. The molecule has 3 aliphatic heterocycles. The normalized spacial score (nSPS) is 24.4. The zero-order valence-corrected chi connectivity index (χ0v) is 20.8. The Bertz CT molecular complexity index is 1140. The first kappa shape index (κ1) is 26.6. The molecule has 0 bridgehead atoms. The summed E-state index contributed by atoms with van der Waals surface area (Å²) < 4.78 is 57.6. The van der Waals surface area contributed by atoms with Crippen LogP contribution in [0.25, 0.3) is 0 Å². The number of benzene rings is 1. The number of pyridine rings is 1. The molecule has 0 saturated carbocycles. The van der Waals surface area contributed by atoms with E-state index in [1.54, 1.807) is 11.0 Å². The van der Waals surface area contributed by atoms with Crippen molar-refractivity contribution >= 4 is 11.8 Å². The molecule has 7 nitrogen and oxygen atoms in total. The number of hydrogen-bond donors (Lipinski definition) is 1. The van der Waals surface area contributed by atoms with Gasteiger partial charge in [-0.15, -0.1) is 0 Å². The third-order valence-corrected chi connectivity index (χ3v) is 7.76. The lowest BCUT2D eigenvalue weighted by Gasteiger charge is -2.25. The van der Waals surface area contributed by atoms with Crippen LogP contribution in [0.2, 0.25) is 0 Å². The van der Waals surface area contributed by atoms with Gasteiger partial charge >= 0.3 is 6.18 Å². The number of halogens is 4. The predicted octanol–water partition coefficient (Wildman–Crippen LogP) is 3.53. The summed E-state index contributed by atoms with van der Waals surface area (Å²) in [6.45, 7) is 4.25. The SMILES string of the molecule is O=C(N[C@@H](CCN1C[C@@H]2CN(C(=O)c3ccc(C(F)(F)F)cn3)C[C@@H]2C1)c1cccc(F)c1)C1CCOC1. The first-order valence-corrected chi connectivity index (χ1v) is 12.9. The second-order valence-electron chi connectivity index (χ2n) is 10.4. The van der Waals surface area contributed by atoms with E-state index in [1.807, 2.05) is 6.07 Å². The van der Waals surface area contributed by atoms with E-state index in [-0.39, 0.29) is 47.1 Å². The summed E-state index contributed by atoms with van der Waals surface area (Å²) in [6, 6.07) is 7.96. The first-order chi connectivity index (χ1) is 18.2. The van der Waals surface area contributed by atoms with Gasteiger partial charge in [0.1, 0.15) is 11.5 Å². The second kappa shape index (κ2) is 11.0. The van der Waals surface area contributed by atoms with Crippen LogP contribution in [0.3, 0.4) is 0 Å². The Morgan fingerprint density at radius 1 is 1.11 bits per heavy atom. The van der Waals surface area contributed by atoms with Gasteiger partial charge in [-0.3, -0.25) is 14.6 Å². The van der Waals surface area contributed by atoms with E-state index in [4.69, 9.17) is 4.74 Å². The number of carbonyl (C=O) groups is 2. The lowest BCUT2D eigenvalue weighted by atomic mass is 10.0. The van der Waals surface area contributed by atoms with Crippen LogP contribution in [-0.4, -0.2) is 72.5 Å². The topological polar surface area (TPSA) is 74.8 Å². The number of ether oxygens (including phenoxy) is 1. The molecule has 1 N–H and O–H groups in total. The summed E-state index contributed by atoms with van der Waals surface area (Å²) in [5.41, 5.74) is -0.152. The highest BCUT2D eigenvalue weighted by Gasteiger charge is 2.42. The average Bonchev–Trinajstić information content (AvgIpc) is 3.63. The van der Waals surface area contributed by atoms with Crippen LogP contribution in [0.4, 0.5) is 17.6 Å². The van der Waals surface area contributed by atoms with Gasteiger partial charge in [0.25, 0.3) is 5.91 Å². The third-order valence-electron chi connectivity index (χ3n) is 7.76. The Morgan fingerprint density at radius 3 is 2.47 bits per heavy atom. The number of amides is 2. The molecule has 0 radical (unpaired) electrons. The smallest absolute Gasteiger partial charge is 0.381 e. The molecule has 38 heavy (non-hydrogen) atoms. The second-order valence-corrected chi connectivity index (χ2v) is 10.4. The van der Waals surface area contributed by atoms with Gasteiger partial charge in [-0.05, 0) is 54.5 Å². The van der Waals surface area contributed by atoms with Gasteiger partial charge in [-0.2, -0.15) is 13.2 Å². The summed E-state index contributed by atoms with van der Waals surface area (Å²) in [4.78, 5) is 33.3. The largest absolute Gasteiger partial charge is 0.417 e. The van der Waals surface area contributed by atoms with Gasteiger partial charge < -0.3 is 19.9 Å². The Labute approximate surface area is 218 Å². The van der Waals surface area contributed by atoms with Crippen LogP contribution in [0, 0.1) is 23.6 Å². The number of likely N-dealkylation sites (tertiary alicyclic amines) is 2. The molecule has 0 aliphatic carbocycles. The Balaban J connectivity index is 1.15. The minimum atomic E-state index is -4.50. The molecule has 3 aliphatic rings. The first-order valence-electron chi connectivity index (χ1n) is 12.9. The maximum absolute atomic E-state index is 13.9. The van der Waals surface area contributed by atoms with Gasteiger partial charge in [-0.1, -0.05) is 12.1 Å². The number of carbonyl (C=O) groups excluding carboxylic acids is 2. The summed E-state index contributed by atoms with van der Waals surface area (Å²) in [5, 5.41) is 3.09. The van der Waals surface area contributed by atoms with Crippen LogP contribution < -0.4 is 5.32 Å². The van der Waals surface area contributed by atoms with Crippen molar-refractivity contribution in [3.8, 4) is 0 Å². The highest BCUT2D eigenvalue weighted by molar-refractivity contribution is 5.92. The molecule has 0 spiro atoms. The molecule has 5 rings (SSSR count). The van der Waals surface area contributed by atoms with Crippen molar-refractivity contribution in [1.82, 2.24) is 20.1 Å². The van der Waals surface area contributed by atoms with E-state index in [1.165, 1.54) is 12.1 Å². The van der Waals surface area contributed by atoms with Crippen LogP contribution in [0.5, 0.6) is 0 Å². The number of nitrogens with zero attached hydrogens (tertiary/aromatic N) is 3. The zero-order chi connectivity index (χ0) is 26.9. The van der Waals surface area contributed by atoms with Gasteiger partial charge in [0, 0.05) is 45.5 Å². The molecule has 1 aromatic heterocycles. The quantitative estimate of drug-likeness (QED) is 0.551. The van der Waals surface area contributed by atoms with Crippen molar-refractivity contribution in [2.24, 2.45) is 17.8 Å². The zero-order valence-electron chi connectivity index (χ0n) is 20.8. The summed E-state index contributed by atoms with van der Waals surface area (Å²) in [6.07, 6.45) is -2.52.